The molecule has 0 saturated heterocycles. The second-order valence-corrected chi connectivity index (χ2v) is 10.2. The molecule has 0 unspecified atom stereocenters. The first-order valence-corrected chi connectivity index (χ1v) is 8.16. The molecule has 0 radical (unpaired) electrons. The molecule has 14 heavy (non-hydrogen) atoms. The molecule has 0 N–H and O–H groups in total. The lowest BCUT2D eigenvalue weighted by Crippen LogP contribution is -2.31. The van der Waals surface area contributed by atoms with E-state index in [1.54, 1.807) is 0 Å². The summed E-state index contributed by atoms with van der Waals surface area (Å²) < 4.78 is 0. The average molecular weight is 218 g/mol. The molecule has 1 heteroatoms. The predicted octanol–water partition coefficient (Wildman–Crippen LogP) is 4.82. The number of unbranched alkanes of at least 4 members (excludes halogenated alkanes) is 1. The minimum atomic E-state index is -0.408. The Balaban J connectivity index is 4.76. The van der Waals surface area contributed by atoms with Gasteiger partial charge in [0.25, 0.3) is 0 Å². The van der Waals surface area contributed by atoms with Crippen LogP contribution in [0.3, 0.4) is 0 Å². The monoisotopic (exact) mass is 218 g/mol. The standard InChI is InChI=1S/C13H30S/c1-8-9-10-14(11(2)3,12(4)5)13(6)7/h11-13H,8-10H2,1-7H3. The van der Waals surface area contributed by atoms with Gasteiger partial charge in [0.2, 0.25) is 0 Å². The molecule has 0 bridgehead atoms. The second-order valence-electron chi connectivity index (χ2n) is 5.11. The van der Waals surface area contributed by atoms with Gasteiger partial charge < -0.3 is 0 Å². The summed E-state index contributed by atoms with van der Waals surface area (Å²) in [6, 6.07) is 0. The van der Waals surface area contributed by atoms with Crippen LogP contribution >= 0.6 is 10.0 Å². The van der Waals surface area contributed by atoms with E-state index in [4.69, 9.17) is 0 Å². The van der Waals surface area contributed by atoms with Crippen molar-refractivity contribution in [2.45, 2.75) is 77.1 Å². The van der Waals surface area contributed by atoms with Crippen LogP contribution in [-0.2, 0) is 0 Å². The van der Waals surface area contributed by atoms with Crippen molar-refractivity contribution in [1.29, 1.82) is 0 Å². The smallest absolute Gasteiger partial charge is 0.0164 e. The van der Waals surface area contributed by atoms with E-state index in [-0.39, 0.29) is 0 Å². The predicted molar refractivity (Wildman–Crippen MR) is 72.8 cm³/mol. The van der Waals surface area contributed by atoms with Crippen LogP contribution in [0.15, 0.2) is 0 Å². The number of rotatable bonds is 6. The van der Waals surface area contributed by atoms with E-state index in [2.05, 4.69) is 48.5 Å². The van der Waals surface area contributed by atoms with Crippen LogP contribution in [0.5, 0.6) is 0 Å². The van der Waals surface area contributed by atoms with Gasteiger partial charge in [-0.05, 0) is 27.9 Å². The number of hydrogen-bond donors (Lipinski definition) is 0. The zero-order valence-electron chi connectivity index (χ0n) is 11.3. The first-order chi connectivity index (χ1) is 6.39. The van der Waals surface area contributed by atoms with Crippen molar-refractivity contribution in [3.05, 3.63) is 0 Å². The fourth-order valence-corrected chi connectivity index (χ4v) is 8.20. The highest BCUT2D eigenvalue weighted by atomic mass is 32.3. The van der Waals surface area contributed by atoms with Crippen LogP contribution < -0.4 is 0 Å². The third kappa shape index (κ3) is 2.92. The molecule has 0 aliphatic rings. The minimum Gasteiger partial charge on any atom is -0.234 e. The molecular weight excluding hydrogens is 188 g/mol. The molecule has 0 atom stereocenters. The fraction of sp³-hybridized carbons (Fsp3) is 1.00. The summed E-state index contributed by atoms with van der Waals surface area (Å²) >= 11 is 0. The molecule has 0 aromatic rings. The minimum absolute atomic E-state index is 0.408. The fourth-order valence-electron chi connectivity index (χ4n) is 2.73. The Morgan fingerprint density at radius 1 is 0.786 bits per heavy atom. The van der Waals surface area contributed by atoms with Gasteiger partial charge in [-0.3, -0.25) is 0 Å². The quantitative estimate of drug-likeness (QED) is 0.600. The Bertz CT molecular complexity index is 126. The third-order valence-electron chi connectivity index (χ3n) is 3.48. The lowest BCUT2D eigenvalue weighted by molar-refractivity contribution is 0.855. The van der Waals surface area contributed by atoms with Crippen molar-refractivity contribution in [2.75, 3.05) is 5.75 Å². The van der Waals surface area contributed by atoms with Crippen molar-refractivity contribution in [3.63, 3.8) is 0 Å². The van der Waals surface area contributed by atoms with Gasteiger partial charge in [-0.15, -0.1) is 0 Å². The van der Waals surface area contributed by atoms with Gasteiger partial charge in [0.15, 0.2) is 0 Å². The normalized spacial score (nSPS) is 14.4. The summed E-state index contributed by atoms with van der Waals surface area (Å²) in [7, 11) is -0.408. The highest BCUT2D eigenvalue weighted by Gasteiger charge is 2.33. The molecule has 0 saturated carbocycles. The first kappa shape index (κ1) is 14.3. The summed E-state index contributed by atoms with van der Waals surface area (Å²) in [5, 5.41) is 2.65. The topological polar surface area (TPSA) is 0 Å². The van der Waals surface area contributed by atoms with Gasteiger partial charge in [-0.1, -0.05) is 54.9 Å². The van der Waals surface area contributed by atoms with Crippen LogP contribution in [-0.4, -0.2) is 21.5 Å². The van der Waals surface area contributed by atoms with Crippen molar-refractivity contribution in [2.24, 2.45) is 0 Å². The highest BCUT2D eigenvalue weighted by molar-refractivity contribution is 8.35. The van der Waals surface area contributed by atoms with Crippen molar-refractivity contribution < 1.29 is 0 Å². The third-order valence-corrected chi connectivity index (χ3v) is 9.75. The maximum atomic E-state index is 2.44. The van der Waals surface area contributed by atoms with Gasteiger partial charge in [0, 0.05) is 0 Å². The van der Waals surface area contributed by atoms with E-state index in [1.165, 1.54) is 18.6 Å². The summed E-state index contributed by atoms with van der Waals surface area (Å²) in [6.07, 6.45) is 2.77. The van der Waals surface area contributed by atoms with Crippen LogP contribution in [0, 0.1) is 0 Å². The molecule has 0 aromatic carbocycles. The second kappa shape index (κ2) is 6.05. The van der Waals surface area contributed by atoms with E-state index >= 15 is 0 Å². The maximum Gasteiger partial charge on any atom is -0.0164 e. The molecule has 0 nitrogen and oxygen atoms in total. The molecule has 0 spiro atoms. The largest absolute Gasteiger partial charge is 0.234 e. The van der Waals surface area contributed by atoms with E-state index in [0.29, 0.717) is 0 Å². The Morgan fingerprint density at radius 2 is 1.14 bits per heavy atom. The summed E-state index contributed by atoms with van der Waals surface area (Å²) in [5.74, 6) is 1.48. The Hall–Kier alpha value is 0.350. The molecule has 0 rings (SSSR count). The zero-order valence-corrected chi connectivity index (χ0v) is 12.1. The molecule has 88 valence electrons. The van der Waals surface area contributed by atoms with Gasteiger partial charge in [0.1, 0.15) is 0 Å². The molecular formula is C13H30S. The van der Waals surface area contributed by atoms with E-state index < -0.39 is 10.0 Å². The molecule has 0 aliphatic heterocycles. The average Bonchev–Trinajstić information content (AvgIpc) is 2.03. The van der Waals surface area contributed by atoms with Crippen LogP contribution in [0.2, 0.25) is 0 Å². The van der Waals surface area contributed by atoms with Gasteiger partial charge in [0.05, 0.1) is 0 Å². The summed E-state index contributed by atoms with van der Waals surface area (Å²) in [4.78, 5) is 0. The zero-order chi connectivity index (χ0) is 11.4. The van der Waals surface area contributed by atoms with Crippen molar-refractivity contribution in [3.8, 4) is 0 Å². The van der Waals surface area contributed by atoms with Crippen LogP contribution in [0.25, 0.3) is 0 Å². The lowest BCUT2D eigenvalue weighted by atomic mass is 10.4. The Labute approximate surface area is 93.2 Å². The van der Waals surface area contributed by atoms with E-state index in [0.717, 1.165) is 15.7 Å². The highest BCUT2D eigenvalue weighted by Crippen LogP contribution is 2.60. The van der Waals surface area contributed by atoms with E-state index in [1.807, 2.05) is 0 Å². The maximum absolute atomic E-state index is 2.44. The van der Waals surface area contributed by atoms with Gasteiger partial charge in [-0.2, -0.15) is 0 Å². The van der Waals surface area contributed by atoms with Gasteiger partial charge in [-0.25, -0.2) is 10.0 Å². The summed E-state index contributed by atoms with van der Waals surface area (Å²) in [6.45, 7) is 16.9. The first-order valence-electron chi connectivity index (χ1n) is 6.17. The van der Waals surface area contributed by atoms with Crippen LogP contribution in [0.1, 0.15) is 61.3 Å². The molecule has 0 aliphatic carbocycles. The van der Waals surface area contributed by atoms with Crippen molar-refractivity contribution in [1.82, 2.24) is 0 Å². The van der Waals surface area contributed by atoms with Crippen molar-refractivity contribution >= 4 is 10.0 Å². The van der Waals surface area contributed by atoms with Gasteiger partial charge >= 0.3 is 0 Å². The molecule has 0 fully saturated rings. The van der Waals surface area contributed by atoms with Crippen LogP contribution in [0.4, 0.5) is 0 Å². The molecule has 0 amide bonds. The molecule has 0 heterocycles. The number of hydrogen-bond acceptors (Lipinski definition) is 0. The van der Waals surface area contributed by atoms with E-state index in [9.17, 15) is 0 Å². The Kier molecular flexibility index (Phi) is 6.20. The lowest BCUT2D eigenvalue weighted by Gasteiger charge is -2.51. The summed E-state index contributed by atoms with van der Waals surface area (Å²) in [5.41, 5.74) is 0. The Morgan fingerprint density at radius 3 is 1.36 bits per heavy atom. The SMILES string of the molecule is CCCCS(C(C)C)(C(C)C)C(C)C. The molecule has 0 aromatic heterocycles.